The van der Waals surface area contributed by atoms with Crippen molar-refractivity contribution < 1.29 is 0 Å². The maximum atomic E-state index is 3.51. The van der Waals surface area contributed by atoms with Gasteiger partial charge in [0.25, 0.3) is 0 Å². The molecule has 3 heteroatoms. The van der Waals surface area contributed by atoms with E-state index in [1.807, 2.05) is 13.1 Å². The first-order valence-electron chi connectivity index (χ1n) is 1.56. The number of hydrogen-bond acceptors (Lipinski definition) is 0. The van der Waals surface area contributed by atoms with Crippen LogP contribution in [0.4, 0.5) is 0 Å². The molecule has 6 heavy (non-hydrogen) atoms. The molecule has 0 aliphatic heterocycles. The van der Waals surface area contributed by atoms with E-state index in [0.29, 0.717) is 0 Å². The molecule has 4 radical (unpaired) electrons. The molecule has 30 valence electrons. The molecule has 0 nitrogen and oxygen atoms in total. The van der Waals surface area contributed by atoms with Crippen LogP contribution in [0.1, 0.15) is 0 Å². The minimum absolute atomic E-state index is 0. The summed E-state index contributed by atoms with van der Waals surface area (Å²) in [4.78, 5) is 0. The fourth-order valence-corrected chi connectivity index (χ4v) is 0.289. The predicted octanol–water partition coefficient (Wildman–Crippen LogP) is 0.704. The third kappa shape index (κ3) is 8.92. The Morgan fingerprint density at radius 2 is 2.33 bits per heavy atom. The Labute approximate surface area is 61.0 Å². The van der Waals surface area contributed by atoms with Crippen LogP contribution in [0.15, 0.2) is 12.7 Å². The van der Waals surface area contributed by atoms with Crippen molar-refractivity contribution in [3.63, 3.8) is 0 Å². The Morgan fingerprint density at radius 1 is 1.83 bits per heavy atom. The quantitative estimate of drug-likeness (QED) is 0.349. The molecule has 1 unspecified atom stereocenters. The maximum Gasteiger partial charge on any atom is 0.142 e. The van der Waals surface area contributed by atoms with Crippen LogP contribution in [0, 0.1) is 0 Å². The SMILES string of the molecule is C=CC[B]P.[In]. The molecule has 1 atom stereocenters. The van der Waals surface area contributed by atoms with E-state index in [1.165, 1.54) is 0 Å². The van der Waals surface area contributed by atoms with Crippen LogP contribution in [0.25, 0.3) is 0 Å². The van der Waals surface area contributed by atoms with Gasteiger partial charge in [0.2, 0.25) is 0 Å². The van der Waals surface area contributed by atoms with Crippen LogP contribution < -0.4 is 0 Å². The summed E-state index contributed by atoms with van der Waals surface area (Å²) in [6.45, 7) is 5.48. The van der Waals surface area contributed by atoms with Gasteiger partial charge in [0, 0.05) is 25.8 Å². The summed E-state index contributed by atoms with van der Waals surface area (Å²) in [7, 11) is 2.50. The first-order valence-corrected chi connectivity index (χ1v) is 2.22. The van der Waals surface area contributed by atoms with E-state index in [2.05, 4.69) is 15.7 Å². The average molecular weight is 200 g/mol. The molecule has 0 bridgehead atoms. The van der Waals surface area contributed by atoms with Crippen molar-refractivity contribution in [2.75, 3.05) is 0 Å². The van der Waals surface area contributed by atoms with Crippen molar-refractivity contribution in [1.82, 2.24) is 0 Å². The van der Waals surface area contributed by atoms with Crippen molar-refractivity contribution >= 4 is 42.0 Å². The average Bonchev–Trinajstić information content (AvgIpc) is 1.41. The first-order chi connectivity index (χ1) is 2.41. The van der Waals surface area contributed by atoms with Crippen molar-refractivity contribution in [3.05, 3.63) is 12.7 Å². The molecule has 0 heterocycles. The normalized spacial score (nSPS) is 5.50. The molecule has 0 N–H and O–H groups in total. The van der Waals surface area contributed by atoms with E-state index in [4.69, 9.17) is 0 Å². The smallest absolute Gasteiger partial charge is 0.142 e. The summed E-state index contributed by atoms with van der Waals surface area (Å²) in [5, 5.41) is 0. The fourth-order valence-electron chi connectivity index (χ4n) is 0.0962. The zero-order chi connectivity index (χ0) is 4.12. The van der Waals surface area contributed by atoms with Crippen LogP contribution in [-0.4, -0.2) is 32.8 Å². The Balaban J connectivity index is 0. The van der Waals surface area contributed by atoms with Gasteiger partial charge in [0.1, 0.15) is 7.00 Å². The fraction of sp³-hybridized carbons (Fsp3) is 0.333. The summed E-state index contributed by atoms with van der Waals surface area (Å²) in [6, 6.07) is 0. The maximum absolute atomic E-state index is 3.51. The molecular formula is C3H7BInP. The van der Waals surface area contributed by atoms with Gasteiger partial charge in [0.05, 0.1) is 0 Å². The predicted molar refractivity (Wildman–Crippen MR) is 36.2 cm³/mol. The van der Waals surface area contributed by atoms with Gasteiger partial charge in [-0.05, 0) is 0 Å². The Hall–Kier alpha value is 1.11. The zero-order valence-electron chi connectivity index (χ0n) is 3.72. The third-order valence-electron chi connectivity index (χ3n) is 0.303. The van der Waals surface area contributed by atoms with E-state index in [1.54, 1.807) is 0 Å². The Morgan fingerprint density at radius 3 is 2.33 bits per heavy atom. The molecule has 0 aliphatic carbocycles. The van der Waals surface area contributed by atoms with E-state index >= 15 is 0 Å². The summed E-state index contributed by atoms with van der Waals surface area (Å²) >= 11 is 0. The van der Waals surface area contributed by atoms with Gasteiger partial charge in [0.15, 0.2) is 0 Å². The van der Waals surface area contributed by atoms with Gasteiger partial charge in [-0.15, -0.1) is 6.58 Å². The summed E-state index contributed by atoms with van der Waals surface area (Å²) < 4.78 is 0. The van der Waals surface area contributed by atoms with Crippen LogP contribution in [0.3, 0.4) is 0 Å². The van der Waals surface area contributed by atoms with E-state index < -0.39 is 0 Å². The van der Waals surface area contributed by atoms with Crippen molar-refractivity contribution in [2.45, 2.75) is 6.32 Å². The third-order valence-corrected chi connectivity index (χ3v) is 0.575. The van der Waals surface area contributed by atoms with Gasteiger partial charge in [-0.3, -0.25) is 0 Å². The van der Waals surface area contributed by atoms with Crippen LogP contribution >= 0.6 is 9.12 Å². The first kappa shape index (κ1) is 10.2. The minimum Gasteiger partial charge on any atom is -0.178 e. The van der Waals surface area contributed by atoms with Gasteiger partial charge in [-0.1, -0.05) is 12.4 Å². The molecule has 0 saturated carbocycles. The minimum atomic E-state index is 0. The van der Waals surface area contributed by atoms with E-state index in [0.717, 1.165) is 6.32 Å². The van der Waals surface area contributed by atoms with Crippen LogP contribution in [0.5, 0.6) is 0 Å². The molecule has 0 fully saturated rings. The van der Waals surface area contributed by atoms with Gasteiger partial charge in [-0.25, -0.2) is 0 Å². The van der Waals surface area contributed by atoms with Crippen LogP contribution in [-0.2, 0) is 0 Å². The summed E-state index contributed by atoms with van der Waals surface area (Å²) in [5.74, 6) is 0. The second kappa shape index (κ2) is 9.44. The van der Waals surface area contributed by atoms with Crippen LogP contribution in [0.2, 0.25) is 6.32 Å². The monoisotopic (exact) mass is 200 g/mol. The van der Waals surface area contributed by atoms with Crippen molar-refractivity contribution in [1.29, 1.82) is 0 Å². The molecular weight excluding hydrogens is 193 g/mol. The largest absolute Gasteiger partial charge is 0.178 e. The van der Waals surface area contributed by atoms with Gasteiger partial charge < -0.3 is 0 Å². The summed E-state index contributed by atoms with van der Waals surface area (Å²) in [5.41, 5.74) is 0. The number of allylic oxidation sites excluding steroid dienone is 1. The van der Waals surface area contributed by atoms with Crippen molar-refractivity contribution in [2.24, 2.45) is 0 Å². The molecule has 0 aromatic heterocycles. The standard InChI is InChI=1S/C3H7BP.In/c1-2-3-4-5;/h2H,1,3,5H2;. The molecule has 0 aliphatic rings. The van der Waals surface area contributed by atoms with Gasteiger partial charge >= 0.3 is 0 Å². The topological polar surface area (TPSA) is 0 Å². The molecule has 0 aromatic carbocycles. The summed E-state index contributed by atoms with van der Waals surface area (Å²) in [6.07, 6.45) is 2.84. The van der Waals surface area contributed by atoms with Crippen molar-refractivity contribution in [3.8, 4) is 0 Å². The Kier molecular flexibility index (Phi) is 16.0. The molecule has 0 amide bonds. The molecule has 0 saturated heterocycles. The number of rotatable bonds is 2. The molecule has 0 spiro atoms. The second-order valence-corrected chi connectivity index (χ2v) is 1.23. The van der Waals surface area contributed by atoms with E-state index in [-0.39, 0.29) is 25.8 Å². The molecule has 0 aromatic rings. The van der Waals surface area contributed by atoms with E-state index in [9.17, 15) is 0 Å². The van der Waals surface area contributed by atoms with Gasteiger partial charge in [-0.2, -0.15) is 9.12 Å². The Bertz CT molecular complexity index is 32.0. The second-order valence-electron chi connectivity index (χ2n) is 0.760. The number of hydrogen-bond donors (Lipinski definition) is 0. The molecule has 0 rings (SSSR count). The zero-order valence-corrected chi connectivity index (χ0v) is 8.17.